The van der Waals surface area contributed by atoms with Crippen LogP contribution in [0.5, 0.6) is 0 Å². The summed E-state index contributed by atoms with van der Waals surface area (Å²) in [6, 6.07) is 16.0. The fraction of sp³-hybridized carbons (Fsp3) is 0.167. The van der Waals surface area contributed by atoms with Crippen molar-refractivity contribution in [3.8, 4) is 0 Å². The van der Waals surface area contributed by atoms with Crippen LogP contribution in [0.15, 0.2) is 54.6 Å². The molecule has 100 valence electrons. The molecule has 3 rings (SSSR count). The molecule has 0 heterocycles. The van der Waals surface area contributed by atoms with Crippen molar-refractivity contribution in [2.75, 3.05) is 0 Å². The topological polar surface area (TPSA) is 26.3 Å². The number of carbonyl (C=O) groups is 1. The van der Waals surface area contributed by atoms with Gasteiger partial charge in [-0.05, 0) is 30.0 Å². The van der Waals surface area contributed by atoms with Crippen LogP contribution in [0, 0.1) is 6.92 Å². The zero-order chi connectivity index (χ0) is 13.9. The molecule has 20 heavy (non-hydrogen) atoms. The van der Waals surface area contributed by atoms with E-state index in [1.54, 1.807) is 0 Å². The fourth-order valence-corrected chi connectivity index (χ4v) is 2.39. The molecule has 1 aliphatic rings. The first-order valence-corrected chi connectivity index (χ1v) is 6.75. The first-order valence-electron chi connectivity index (χ1n) is 6.75. The number of hydrogen-bond acceptors (Lipinski definition) is 2. The van der Waals surface area contributed by atoms with E-state index in [0.717, 1.165) is 17.5 Å². The molecule has 2 aromatic carbocycles. The Morgan fingerprint density at radius 1 is 1.10 bits per heavy atom. The van der Waals surface area contributed by atoms with Gasteiger partial charge in [0.1, 0.15) is 6.61 Å². The normalized spacial score (nSPS) is 12.8. The van der Waals surface area contributed by atoms with Gasteiger partial charge >= 0.3 is 5.97 Å². The molecule has 0 amide bonds. The van der Waals surface area contributed by atoms with Gasteiger partial charge in [0.25, 0.3) is 0 Å². The third kappa shape index (κ3) is 2.50. The Hall–Kier alpha value is -2.35. The summed E-state index contributed by atoms with van der Waals surface area (Å²) in [7, 11) is 0. The maximum Gasteiger partial charge on any atom is 0.338 e. The van der Waals surface area contributed by atoms with Gasteiger partial charge in [-0.15, -0.1) is 0 Å². The molecule has 0 radical (unpaired) electrons. The summed E-state index contributed by atoms with van der Waals surface area (Å²) in [6.45, 7) is 2.36. The molecule has 0 bridgehead atoms. The second-order valence-corrected chi connectivity index (χ2v) is 5.04. The van der Waals surface area contributed by atoms with Crippen LogP contribution in [-0.4, -0.2) is 5.97 Å². The molecule has 0 aromatic heterocycles. The standard InChI is InChI=1S/C18H16O2/c1-13-6-8-14(9-7-13)12-20-18(19)17-11-10-15-4-2-3-5-16(15)17/h2-9,11H,10,12H2,1H3. The Morgan fingerprint density at radius 2 is 1.85 bits per heavy atom. The monoisotopic (exact) mass is 264 g/mol. The summed E-state index contributed by atoms with van der Waals surface area (Å²) in [5.74, 6) is -0.240. The molecule has 0 spiro atoms. The minimum absolute atomic E-state index is 0.240. The molecule has 0 N–H and O–H groups in total. The van der Waals surface area contributed by atoms with Gasteiger partial charge in [-0.2, -0.15) is 0 Å². The lowest BCUT2D eigenvalue weighted by Gasteiger charge is -2.07. The van der Waals surface area contributed by atoms with Crippen LogP contribution < -0.4 is 0 Å². The molecule has 0 aliphatic heterocycles. The first kappa shape index (κ1) is 12.7. The predicted octanol–water partition coefficient (Wildman–Crippen LogP) is 3.68. The Morgan fingerprint density at radius 3 is 2.65 bits per heavy atom. The first-order chi connectivity index (χ1) is 9.74. The molecular weight excluding hydrogens is 248 g/mol. The van der Waals surface area contributed by atoms with E-state index in [4.69, 9.17) is 4.74 Å². The molecule has 0 fully saturated rings. The number of allylic oxidation sites excluding steroid dienone is 1. The number of esters is 1. The summed E-state index contributed by atoms with van der Waals surface area (Å²) < 4.78 is 5.40. The maximum absolute atomic E-state index is 12.2. The van der Waals surface area contributed by atoms with Crippen LogP contribution in [0.2, 0.25) is 0 Å². The van der Waals surface area contributed by atoms with Crippen LogP contribution in [0.1, 0.15) is 22.3 Å². The molecule has 2 aromatic rings. The summed E-state index contributed by atoms with van der Waals surface area (Å²) in [5, 5.41) is 0. The largest absolute Gasteiger partial charge is 0.457 e. The van der Waals surface area contributed by atoms with Gasteiger partial charge in [0.15, 0.2) is 0 Å². The lowest BCUT2D eigenvalue weighted by Crippen LogP contribution is -2.06. The van der Waals surface area contributed by atoms with Crippen molar-refractivity contribution in [2.24, 2.45) is 0 Å². The minimum atomic E-state index is -0.240. The van der Waals surface area contributed by atoms with Gasteiger partial charge in [0, 0.05) is 0 Å². The molecular formula is C18H16O2. The molecule has 0 atom stereocenters. The second kappa shape index (κ2) is 5.33. The van der Waals surface area contributed by atoms with Gasteiger partial charge in [-0.1, -0.05) is 60.2 Å². The summed E-state index contributed by atoms with van der Waals surface area (Å²) >= 11 is 0. The Labute approximate surface area is 118 Å². The zero-order valence-corrected chi connectivity index (χ0v) is 11.4. The van der Waals surface area contributed by atoms with E-state index in [2.05, 4.69) is 0 Å². The molecule has 2 heteroatoms. The average Bonchev–Trinajstić information content (AvgIpc) is 2.90. The maximum atomic E-state index is 12.2. The number of aryl methyl sites for hydroxylation is 1. The average molecular weight is 264 g/mol. The Kier molecular flexibility index (Phi) is 3.38. The lowest BCUT2D eigenvalue weighted by molar-refractivity contribution is -0.137. The van der Waals surface area contributed by atoms with Gasteiger partial charge in [0.2, 0.25) is 0 Å². The quantitative estimate of drug-likeness (QED) is 0.790. The molecule has 2 nitrogen and oxygen atoms in total. The van der Waals surface area contributed by atoms with Crippen molar-refractivity contribution in [2.45, 2.75) is 20.0 Å². The van der Waals surface area contributed by atoms with Gasteiger partial charge in [-0.25, -0.2) is 4.79 Å². The predicted molar refractivity (Wildman–Crippen MR) is 79.1 cm³/mol. The van der Waals surface area contributed by atoms with Crippen LogP contribution in [0.3, 0.4) is 0 Å². The highest BCUT2D eigenvalue weighted by Gasteiger charge is 2.20. The van der Waals surface area contributed by atoms with E-state index in [-0.39, 0.29) is 5.97 Å². The van der Waals surface area contributed by atoms with Gasteiger partial charge < -0.3 is 4.74 Å². The van der Waals surface area contributed by atoms with E-state index < -0.39 is 0 Å². The van der Waals surface area contributed by atoms with Crippen molar-refractivity contribution < 1.29 is 9.53 Å². The Balaban J connectivity index is 1.68. The van der Waals surface area contributed by atoms with Crippen LogP contribution in [0.4, 0.5) is 0 Å². The Bertz CT molecular complexity index is 666. The smallest absolute Gasteiger partial charge is 0.338 e. The van der Waals surface area contributed by atoms with Gasteiger partial charge in [-0.3, -0.25) is 0 Å². The second-order valence-electron chi connectivity index (χ2n) is 5.04. The highest BCUT2D eigenvalue weighted by molar-refractivity contribution is 6.18. The number of ether oxygens (including phenoxy) is 1. The number of hydrogen-bond donors (Lipinski definition) is 0. The van der Waals surface area contributed by atoms with Crippen molar-refractivity contribution in [1.29, 1.82) is 0 Å². The van der Waals surface area contributed by atoms with E-state index in [1.165, 1.54) is 11.1 Å². The van der Waals surface area contributed by atoms with E-state index >= 15 is 0 Å². The SMILES string of the molecule is Cc1ccc(COC(=O)C2=CCc3ccccc32)cc1. The highest BCUT2D eigenvalue weighted by Crippen LogP contribution is 2.28. The number of carbonyl (C=O) groups excluding carboxylic acids is 1. The lowest BCUT2D eigenvalue weighted by atomic mass is 10.1. The molecule has 0 unspecified atom stereocenters. The number of benzene rings is 2. The number of rotatable bonds is 3. The highest BCUT2D eigenvalue weighted by atomic mass is 16.5. The van der Waals surface area contributed by atoms with Crippen LogP contribution in [0.25, 0.3) is 5.57 Å². The van der Waals surface area contributed by atoms with Gasteiger partial charge in [0.05, 0.1) is 5.57 Å². The summed E-state index contributed by atoms with van der Waals surface area (Å²) in [6.07, 6.45) is 2.76. The molecule has 1 aliphatic carbocycles. The number of fused-ring (bicyclic) bond motifs is 1. The third-order valence-corrected chi connectivity index (χ3v) is 3.54. The van der Waals surface area contributed by atoms with Crippen LogP contribution in [-0.2, 0) is 22.6 Å². The van der Waals surface area contributed by atoms with Crippen molar-refractivity contribution >= 4 is 11.5 Å². The third-order valence-electron chi connectivity index (χ3n) is 3.54. The van der Waals surface area contributed by atoms with Crippen molar-refractivity contribution in [3.05, 3.63) is 76.9 Å². The van der Waals surface area contributed by atoms with Crippen LogP contribution >= 0.6 is 0 Å². The summed E-state index contributed by atoms with van der Waals surface area (Å²) in [5.41, 5.74) is 5.09. The zero-order valence-electron chi connectivity index (χ0n) is 11.4. The minimum Gasteiger partial charge on any atom is -0.457 e. The van der Waals surface area contributed by atoms with E-state index in [9.17, 15) is 4.79 Å². The van der Waals surface area contributed by atoms with E-state index in [1.807, 2.05) is 61.5 Å². The van der Waals surface area contributed by atoms with E-state index in [0.29, 0.717) is 12.2 Å². The van der Waals surface area contributed by atoms with Crippen molar-refractivity contribution in [3.63, 3.8) is 0 Å². The fourth-order valence-electron chi connectivity index (χ4n) is 2.39. The molecule has 0 saturated carbocycles. The molecule has 0 saturated heterocycles. The summed E-state index contributed by atoms with van der Waals surface area (Å²) in [4.78, 5) is 12.2. The van der Waals surface area contributed by atoms with Crippen molar-refractivity contribution in [1.82, 2.24) is 0 Å².